The lowest BCUT2D eigenvalue weighted by Crippen LogP contribution is -2.57. The van der Waals surface area contributed by atoms with Crippen molar-refractivity contribution in [1.82, 2.24) is 9.80 Å². The zero-order chi connectivity index (χ0) is 15.3. The van der Waals surface area contributed by atoms with Crippen LogP contribution in [0.5, 0.6) is 0 Å². The fourth-order valence-corrected chi connectivity index (χ4v) is 2.38. The molecule has 1 fully saturated rings. The number of piperazine rings is 1. The second-order valence-electron chi connectivity index (χ2n) is 5.00. The van der Waals surface area contributed by atoms with Gasteiger partial charge in [-0.1, -0.05) is 6.08 Å². The molecular formula is C13H24N2O5. The van der Waals surface area contributed by atoms with Crippen LogP contribution in [-0.2, 0) is 4.79 Å². The first-order valence-corrected chi connectivity index (χ1v) is 6.69. The molecule has 0 spiro atoms. The summed E-state index contributed by atoms with van der Waals surface area (Å²) in [6, 6.07) is -0.541. The van der Waals surface area contributed by atoms with Gasteiger partial charge in [-0.3, -0.25) is 9.69 Å². The molecule has 0 aromatic rings. The Balaban J connectivity index is 2.63. The topological polar surface area (TPSA) is 104 Å². The highest BCUT2D eigenvalue weighted by Gasteiger charge is 2.34. The average Bonchev–Trinajstić information content (AvgIpc) is 2.46. The molecule has 1 rings (SSSR count). The van der Waals surface area contributed by atoms with Crippen LogP contribution in [0.2, 0.25) is 0 Å². The second kappa shape index (κ2) is 7.70. The van der Waals surface area contributed by atoms with Crippen LogP contribution in [0.25, 0.3) is 0 Å². The first kappa shape index (κ1) is 17.1. The van der Waals surface area contributed by atoms with E-state index in [-0.39, 0.29) is 5.91 Å². The van der Waals surface area contributed by atoms with Gasteiger partial charge in [0.15, 0.2) is 0 Å². The van der Waals surface area contributed by atoms with E-state index in [9.17, 15) is 20.1 Å². The van der Waals surface area contributed by atoms with Gasteiger partial charge in [-0.25, -0.2) is 0 Å². The van der Waals surface area contributed by atoms with Crippen LogP contribution in [0.15, 0.2) is 12.7 Å². The minimum atomic E-state index is -1.45. The average molecular weight is 288 g/mol. The van der Waals surface area contributed by atoms with Gasteiger partial charge in [0.25, 0.3) is 0 Å². The molecule has 116 valence electrons. The normalized spacial score (nSPS) is 22.9. The highest BCUT2D eigenvalue weighted by molar-refractivity contribution is 5.73. The van der Waals surface area contributed by atoms with Crippen LogP contribution in [0, 0.1) is 0 Å². The van der Waals surface area contributed by atoms with Crippen LogP contribution in [0.3, 0.4) is 0 Å². The summed E-state index contributed by atoms with van der Waals surface area (Å²) in [5.41, 5.74) is 0. The zero-order valence-electron chi connectivity index (χ0n) is 11.7. The number of rotatable bonds is 6. The lowest BCUT2D eigenvalue weighted by Gasteiger charge is -2.40. The van der Waals surface area contributed by atoms with Gasteiger partial charge < -0.3 is 25.3 Å². The van der Waals surface area contributed by atoms with E-state index in [0.717, 1.165) is 0 Å². The summed E-state index contributed by atoms with van der Waals surface area (Å²) in [5.74, 6) is 0.0103. The molecule has 20 heavy (non-hydrogen) atoms. The molecule has 0 radical (unpaired) electrons. The Morgan fingerprint density at radius 1 is 1.20 bits per heavy atom. The number of aliphatic hydroxyl groups is 4. The number of hydrogen-bond donors (Lipinski definition) is 4. The van der Waals surface area contributed by atoms with Crippen molar-refractivity contribution in [1.29, 1.82) is 0 Å². The first-order chi connectivity index (χ1) is 9.42. The Kier molecular flexibility index (Phi) is 6.57. The van der Waals surface area contributed by atoms with E-state index < -0.39 is 31.0 Å². The van der Waals surface area contributed by atoms with Crippen LogP contribution >= 0.6 is 0 Å². The molecule has 1 aliphatic rings. The highest BCUT2D eigenvalue weighted by Crippen LogP contribution is 2.15. The number of carbonyl (C=O) groups excluding carboxylic acids is 1. The van der Waals surface area contributed by atoms with Crippen molar-refractivity contribution in [3.8, 4) is 0 Å². The molecule has 1 aliphatic heterocycles. The quantitative estimate of drug-likeness (QED) is 0.413. The summed E-state index contributed by atoms with van der Waals surface area (Å²) in [7, 11) is 0. The van der Waals surface area contributed by atoms with Gasteiger partial charge in [-0.15, -0.1) is 6.58 Å². The molecule has 7 heteroatoms. The maximum Gasteiger partial charge on any atom is 0.219 e. The minimum absolute atomic E-state index is 0.0103. The van der Waals surface area contributed by atoms with Crippen molar-refractivity contribution in [2.45, 2.75) is 31.3 Å². The SMILES string of the molecule is C=CC([C@@H](O)[C@H](O)[C@H](O)CO)N1CCN(C(C)=O)CC1. The molecule has 1 amide bonds. The van der Waals surface area contributed by atoms with Gasteiger partial charge >= 0.3 is 0 Å². The Labute approximate surface area is 118 Å². The Morgan fingerprint density at radius 2 is 1.75 bits per heavy atom. The molecule has 0 aromatic carbocycles. The third-order valence-corrected chi connectivity index (χ3v) is 3.70. The molecular weight excluding hydrogens is 264 g/mol. The largest absolute Gasteiger partial charge is 0.394 e. The molecule has 1 unspecified atom stereocenters. The molecule has 1 heterocycles. The number of nitrogens with zero attached hydrogens (tertiary/aromatic N) is 2. The Bertz CT molecular complexity index is 331. The number of amides is 1. The third-order valence-electron chi connectivity index (χ3n) is 3.70. The molecule has 4 atom stereocenters. The maximum atomic E-state index is 11.3. The summed E-state index contributed by atoms with van der Waals surface area (Å²) in [6.07, 6.45) is -2.60. The van der Waals surface area contributed by atoms with E-state index in [0.29, 0.717) is 26.2 Å². The molecule has 0 saturated carbocycles. The van der Waals surface area contributed by atoms with Gasteiger partial charge in [0, 0.05) is 33.1 Å². The third kappa shape index (κ3) is 4.00. The van der Waals surface area contributed by atoms with Crippen LogP contribution < -0.4 is 0 Å². The van der Waals surface area contributed by atoms with E-state index in [1.54, 1.807) is 4.90 Å². The number of aliphatic hydroxyl groups excluding tert-OH is 4. The van der Waals surface area contributed by atoms with Crippen molar-refractivity contribution in [2.24, 2.45) is 0 Å². The first-order valence-electron chi connectivity index (χ1n) is 6.69. The molecule has 0 bridgehead atoms. The maximum absolute atomic E-state index is 11.3. The van der Waals surface area contributed by atoms with Crippen molar-refractivity contribution >= 4 is 5.91 Å². The van der Waals surface area contributed by atoms with E-state index in [2.05, 4.69) is 6.58 Å². The second-order valence-corrected chi connectivity index (χ2v) is 5.00. The lowest BCUT2D eigenvalue weighted by atomic mass is 9.99. The summed E-state index contributed by atoms with van der Waals surface area (Å²) >= 11 is 0. The summed E-state index contributed by atoms with van der Waals surface area (Å²) in [6.45, 7) is 6.72. The van der Waals surface area contributed by atoms with E-state index in [1.807, 2.05) is 4.90 Å². The van der Waals surface area contributed by atoms with Crippen LogP contribution in [0.1, 0.15) is 6.92 Å². The molecule has 0 aliphatic carbocycles. The van der Waals surface area contributed by atoms with Crippen molar-refractivity contribution < 1.29 is 25.2 Å². The molecule has 0 aromatic heterocycles. The van der Waals surface area contributed by atoms with E-state index >= 15 is 0 Å². The highest BCUT2D eigenvalue weighted by atomic mass is 16.4. The standard InChI is InChI=1S/C13H24N2O5/c1-3-10(12(19)13(20)11(18)8-16)15-6-4-14(5-7-15)9(2)17/h3,10-13,16,18-20H,1,4-8H2,2H3/t10?,11-,12-,13-/m1/s1. The van der Waals surface area contributed by atoms with Crippen molar-refractivity contribution in [2.75, 3.05) is 32.8 Å². The molecule has 7 nitrogen and oxygen atoms in total. The van der Waals surface area contributed by atoms with E-state index in [1.165, 1.54) is 13.0 Å². The number of hydrogen-bond acceptors (Lipinski definition) is 6. The summed E-state index contributed by atoms with van der Waals surface area (Å²) in [4.78, 5) is 14.9. The van der Waals surface area contributed by atoms with Gasteiger partial charge in [0.2, 0.25) is 5.91 Å². The molecule has 4 N–H and O–H groups in total. The van der Waals surface area contributed by atoms with E-state index in [4.69, 9.17) is 5.11 Å². The fourth-order valence-electron chi connectivity index (χ4n) is 2.38. The minimum Gasteiger partial charge on any atom is -0.394 e. The van der Waals surface area contributed by atoms with Gasteiger partial charge in [-0.2, -0.15) is 0 Å². The lowest BCUT2D eigenvalue weighted by molar-refractivity contribution is -0.132. The van der Waals surface area contributed by atoms with Crippen LogP contribution in [0.4, 0.5) is 0 Å². The fraction of sp³-hybridized carbons (Fsp3) is 0.769. The van der Waals surface area contributed by atoms with Crippen molar-refractivity contribution in [3.05, 3.63) is 12.7 Å². The van der Waals surface area contributed by atoms with Gasteiger partial charge in [-0.05, 0) is 0 Å². The van der Waals surface area contributed by atoms with Gasteiger partial charge in [0.05, 0.1) is 12.6 Å². The summed E-state index contributed by atoms with van der Waals surface area (Å²) in [5, 5.41) is 38.1. The van der Waals surface area contributed by atoms with Crippen LogP contribution in [-0.4, -0.2) is 93.3 Å². The van der Waals surface area contributed by atoms with Gasteiger partial charge in [0.1, 0.15) is 18.3 Å². The number of carbonyl (C=O) groups is 1. The zero-order valence-corrected chi connectivity index (χ0v) is 11.7. The Morgan fingerprint density at radius 3 is 2.15 bits per heavy atom. The smallest absolute Gasteiger partial charge is 0.219 e. The molecule has 1 saturated heterocycles. The Hall–Kier alpha value is -0.990. The predicted octanol–water partition coefficient (Wildman–Crippen LogP) is -2.22. The summed E-state index contributed by atoms with van der Waals surface area (Å²) < 4.78 is 0. The monoisotopic (exact) mass is 288 g/mol. The van der Waals surface area contributed by atoms with Crippen molar-refractivity contribution in [3.63, 3.8) is 0 Å². The predicted molar refractivity (Wildman–Crippen MR) is 72.9 cm³/mol.